The molecule has 0 bridgehead atoms. The van der Waals surface area contributed by atoms with Crippen LogP contribution in [-0.2, 0) is 0 Å². The molecule has 1 aliphatic rings. The number of nitrogens with one attached hydrogen (secondary N) is 1. The van der Waals surface area contributed by atoms with Crippen molar-refractivity contribution >= 4 is 11.9 Å². The number of carbonyl (C=O) groups is 2. The lowest BCUT2D eigenvalue weighted by Gasteiger charge is -2.19. The molecule has 0 fully saturated rings. The molecular weight excluding hydrogens is 286 g/mol. The molecular formula is C16H15NO5. The Morgan fingerprint density at radius 1 is 1.23 bits per heavy atom. The maximum atomic E-state index is 12.1. The van der Waals surface area contributed by atoms with Crippen molar-refractivity contribution in [3.63, 3.8) is 0 Å². The second kappa shape index (κ2) is 5.55. The van der Waals surface area contributed by atoms with Crippen molar-refractivity contribution < 1.29 is 23.8 Å². The van der Waals surface area contributed by atoms with Crippen LogP contribution in [0.2, 0.25) is 0 Å². The van der Waals surface area contributed by atoms with Crippen molar-refractivity contribution in [3.8, 4) is 5.75 Å². The van der Waals surface area contributed by atoms with E-state index in [1.54, 1.807) is 0 Å². The summed E-state index contributed by atoms with van der Waals surface area (Å²) < 4.78 is 10.6. The zero-order valence-electron chi connectivity index (χ0n) is 11.9. The molecule has 2 aromatic rings. The maximum Gasteiger partial charge on any atom is 0.371 e. The van der Waals surface area contributed by atoms with Crippen molar-refractivity contribution in [1.29, 1.82) is 0 Å². The number of benzene rings is 1. The van der Waals surface area contributed by atoms with Crippen LogP contribution in [0.3, 0.4) is 0 Å². The van der Waals surface area contributed by atoms with Crippen LogP contribution in [0.1, 0.15) is 39.5 Å². The van der Waals surface area contributed by atoms with Gasteiger partial charge in [-0.15, -0.1) is 0 Å². The van der Waals surface area contributed by atoms with Crippen LogP contribution < -0.4 is 10.1 Å². The van der Waals surface area contributed by atoms with Crippen molar-refractivity contribution in [1.82, 2.24) is 5.32 Å². The minimum atomic E-state index is -1.20. The van der Waals surface area contributed by atoms with Crippen LogP contribution in [0.5, 0.6) is 5.75 Å². The molecule has 1 aliphatic heterocycles. The van der Waals surface area contributed by atoms with Gasteiger partial charge in [-0.3, -0.25) is 4.79 Å². The summed E-state index contributed by atoms with van der Waals surface area (Å²) in [6.45, 7) is 2.38. The van der Waals surface area contributed by atoms with Gasteiger partial charge >= 0.3 is 5.97 Å². The number of para-hydroxylation sites is 1. The van der Waals surface area contributed by atoms with Gasteiger partial charge < -0.3 is 19.6 Å². The van der Waals surface area contributed by atoms with Gasteiger partial charge in [-0.05, 0) is 25.1 Å². The number of rotatable bonds is 4. The van der Waals surface area contributed by atoms with E-state index in [4.69, 9.17) is 14.3 Å². The number of hydrogen-bond acceptors (Lipinski definition) is 4. The number of furan rings is 1. The number of ether oxygens (including phenoxy) is 1. The van der Waals surface area contributed by atoms with E-state index in [0.29, 0.717) is 6.61 Å². The molecule has 2 heterocycles. The predicted molar refractivity (Wildman–Crippen MR) is 77.3 cm³/mol. The number of fused-ring (bicyclic) bond motifs is 1. The fourth-order valence-corrected chi connectivity index (χ4v) is 2.55. The molecule has 2 atom stereocenters. The van der Waals surface area contributed by atoms with Crippen LogP contribution >= 0.6 is 0 Å². The number of carboxylic acids is 1. The van der Waals surface area contributed by atoms with Gasteiger partial charge in [-0.1, -0.05) is 18.2 Å². The topological polar surface area (TPSA) is 88.8 Å². The van der Waals surface area contributed by atoms with E-state index in [9.17, 15) is 9.59 Å². The predicted octanol–water partition coefficient (Wildman–Crippen LogP) is 2.27. The first-order chi connectivity index (χ1) is 10.6. The Hall–Kier alpha value is -2.76. The first-order valence-electron chi connectivity index (χ1n) is 6.92. The van der Waals surface area contributed by atoms with E-state index in [1.807, 2.05) is 31.2 Å². The molecule has 0 saturated heterocycles. The van der Waals surface area contributed by atoms with Gasteiger partial charge in [0, 0.05) is 17.5 Å². The molecule has 22 heavy (non-hydrogen) atoms. The Morgan fingerprint density at radius 2 is 1.95 bits per heavy atom. The van der Waals surface area contributed by atoms with Gasteiger partial charge in [-0.25, -0.2) is 4.79 Å². The van der Waals surface area contributed by atoms with Gasteiger partial charge in [0.2, 0.25) is 5.76 Å². The number of amides is 1. The van der Waals surface area contributed by atoms with Crippen LogP contribution in [0.4, 0.5) is 0 Å². The monoisotopic (exact) mass is 301 g/mol. The van der Waals surface area contributed by atoms with Crippen LogP contribution in [0.25, 0.3) is 0 Å². The number of carboxylic acid groups (broad SMARTS) is 1. The SMILES string of the molecule is C[C@@H](NC(=O)c1ccc(C(=O)O)o1)[C@H]1COc2ccccc21. The van der Waals surface area contributed by atoms with Crippen molar-refractivity contribution in [2.45, 2.75) is 18.9 Å². The molecule has 0 aliphatic carbocycles. The molecule has 1 amide bonds. The van der Waals surface area contributed by atoms with E-state index in [1.165, 1.54) is 12.1 Å². The minimum Gasteiger partial charge on any atom is -0.493 e. The summed E-state index contributed by atoms with van der Waals surface area (Å²) in [6, 6.07) is 10.2. The second-order valence-corrected chi connectivity index (χ2v) is 5.19. The molecule has 114 valence electrons. The maximum absolute atomic E-state index is 12.1. The molecule has 1 aromatic carbocycles. The first kappa shape index (κ1) is 14.2. The second-order valence-electron chi connectivity index (χ2n) is 5.19. The molecule has 0 unspecified atom stereocenters. The van der Waals surface area contributed by atoms with E-state index >= 15 is 0 Å². The highest BCUT2D eigenvalue weighted by molar-refractivity contribution is 5.93. The van der Waals surface area contributed by atoms with Crippen molar-refractivity contribution in [2.24, 2.45) is 0 Å². The standard InChI is InChI=1S/C16H15NO5/c1-9(11-8-21-12-5-3-2-4-10(11)12)17-15(18)13-6-7-14(22-13)16(19)20/h2-7,9,11H,8H2,1H3,(H,17,18)(H,19,20)/t9-,11-/m1/s1. The highest BCUT2D eigenvalue weighted by atomic mass is 16.5. The van der Waals surface area contributed by atoms with Gasteiger partial charge in [0.25, 0.3) is 5.91 Å². The largest absolute Gasteiger partial charge is 0.493 e. The molecule has 6 nitrogen and oxygen atoms in total. The third-order valence-electron chi connectivity index (χ3n) is 3.74. The van der Waals surface area contributed by atoms with Crippen LogP contribution in [-0.4, -0.2) is 29.6 Å². The van der Waals surface area contributed by atoms with E-state index < -0.39 is 11.9 Å². The lowest BCUT2D eigenvalue weighted by molar-refractivity contribution is 0.0659. The minimum absolute atomic E-state index is 0.0172. The summed E-state index contributed by atoms with van der Waals surface area (Å²) in [6.07, 6.45) is 0. The van der Waals surface area contributed by atoms with Gasteiger partial charge in [0.05, 0.1) is 6.61 Å². The normalized spacial score (nSPS) is 17.4. The van der Waals surface area contributed by atoms with Gasteiger partial charge in [0.1, 0.15) is 5.75 Å². The molecule has 3 rings (SSSR count). The Morgan fingerprint density at radius 3 is 2.68 bits per heavy atom. The van der Waals surface area contributed by atoms with E-state index in [2.05, 4.69) is 5.32 Å². The number of carbonyl (C=O) groups excluding carboxylic acids is 1. The smallest absolute Gasteiger partial charge is 0.371 e. The van der Waals surface area contributed by atoms with Gasteiger partial charge in [-0.2, -0.15) is 0 Å². The summed E-state index contributed by atoms with van der Waals surface area (Å²) in [5.41, 5.74) is 1.06. The number of hydrogen-bond donors (Lipinski definition) is 2. The Balaban J connectivity index is 1.70. The van der Waals surface area contributed by atoms with Crippen molar-refractivity contribution in [2.75, 3.05) is 6.61 Å². The zero-order chi connectivity index (χ0) is 15.7. The third kappa shape index (κ3) is 2.55. The summed E-state index contributed by atoms with van der Waals surface area (Å²) >= 11 is 0. The Kier molecular flexibility index (Phi) is 3.58. The summed E-state index contributed by atoms with van der Waals surface area (Å²) in [5.74, 6) is -1.03. The lowest BCUT2D eigenvalue weighted by Crippen LogP contribution is -2.37. The Labute approximate surface area is 126 Å². The molecule has 0 saturated carbocycles. The molecule has 2 N–H and O–H groups in total. The fourth-order valence-electron chi connectivity index (χ4n) is 2.55. The quantitative estimate of drug-likeness (QED) is 0.904. The molecule has 1 aromatic heterocycles. The third-order valence-corrected chi connectivity index (χ3v) is 3.74. The summed E-state index contributed by atoms with van der Waals surface area (Å²) in [4.78, 5) is 22.9. The van der Waals surface area contributed by atoms with Crippen LogP contribution in [0.15, 0.2) is 40.8 Å². The first-order valence-corrected chi connectivity index (χ1v) is 6.92. The lowest BCUT2D eigenvalue weighted by atomic mass is 9.94. The van der Waals surface area contributed by atoms with Crippen molar-refractivity contribution in [3.05, 3.63) is 53.5 Å². The Bertz CT molecular complexity index is 721. The molecule has 0 radical (unpaired) electrons. The highest BCUT2D eigenvalue weighted by Gasteiger charge is 2.30. The fraction of sp³-hybridized carbons (Fsp3) is 0.250. The average Bonchev–Trinajstić information content (AvgIpc) is 3.14. The van der Waals surface area contributed by atoms with Gasteiger partial charge in [0.15, 0.2) is 5.76 Å². The average molecular weight is 301 g/mol. The van der Waals surface area contributed by atoms with E-state index in [-0.39, 0.29) is 23.5 Å². The molecule has 0 spiro atoms. The zero-order valence-corrected chi connectivity index (χ0v) is 11.9. The van der Waals surface area contributed by atoms with Crippen LogP contribution in [0, 0.1) is 0 Å². The molecule has 6 heteroatoms. The summed E-state index contributed by atoms with van der Waals surface area (Å²) in [5, 5.41) is 11.6. The summed E-state index contributed by atoms with van der Waals surface area (Å²) in [7, 11) is 0. The van der Waals surface area contributed by atoms with E-state index in [0.717, 1.165) is 11.3 Å². The number of aromatic carboxylic acids is 1. The highest BCUT2D eigenvalue weighted by Crippen LogP contribution is 2.35.